The van der Waals surface area contributed by atoms with Crippen molar-refractivity contribution in [2.24, 2.45) is 0 Å². The molecule has 82 valence electrons. The highest BCUT2D eigenvalue weighted by atomic mass is 35.5. The van der Waals surface area contributed by atoms with E-state index < -0.39 is 5.95 Å². The van der Waals surface area contributed by atoms with Gasteiger partial charge < -0.3 is 0 Å². The zero-order chi connectivity index (χ0) is 11.7. The van der Waals surface area contributed by atoms with E-state index in [0.717, 1.165) is 11.1 Å². The second-order valence-corrected chi connectivity index (χ2v) is 4.30. The van der Waals surface area contributed by atoms with Crippen molar-refractivity contribution >= 4 is 23.2 Å². The van der Waals surface area contributed by atoms with Crippen LogP contribution in [0.1, 0.15) is 5.56 Å². The molecule has 0 saturated carbocycles. The Labute approximate surface area is 103 Å². The standard InChI is InChI=1S/C12H8Cl2FN/c1-7-4-8(6-16-12(7)15)10-5-9(13)2-3-11(10)14/h2-6H,1H3. The first-order chi connectivity index (χ1) is 7.58. The number of benzene rings is 1. The Balaban J connectivity index is 2.58. The lowest BCUT2D eigenvalue weighted by molar-refractivity contribution is 0.575. The molecule has 4 heteroatoms. The molecule has 0 radical (unpaired) electrons. The Morgan fingerprint density at radius 2 is 1.94 bits per heavy atom. The SMILES string of the molecule is Cc1cc(-c2cc(Cl)ccc2Cl)cnc1F. The van der Waals surface area contributed by atoms with Gasteiger partial charge >= 0.3 is 0 Å². The van der Waals surface area contributed by atoms with Crippen LogP contribution in [0.2, 0.25) is 10.0 Å². The Kier molecular flexibility index (Phi) is 3.13. The number of aryl methyl sites for hydroxylation is 1. The minimum atomic E-state index is -0.470. The summed E-state index contributed by atoms with van der Waals surface area (Å²) in [6.45, 7) is 1.66. The normalized spacial score (nSPS) is 10.5. The summed E-state index contributed by atoms with van der Waals surface area (Å²) in [6.07, 6.45) is 1.44. The van der Waals surface area contributed by atoms with Crippen molar-refractivity contribution in [2.75, 3.05) is 0 Å². The van der Waals surface area contributed by atoms with Crippen LogP contribution in [0.15, 0.2) is 30.5 Å². The van der Waals surface area contributed by atoms with Crippen LogP contribution >= 0.6 is 23.2 Å². The summed E-state index contributed by atoms with van der Waals surface area (Å²) in [5, 5.41) is 1.15. The third-order valence-corrected chi connectivity index (χ3v) is 2.82. The molecule has 0 aliphatic rings. The van der Waals surface area contributed by atoms with Crippen molar-refractivity contribution in [3.05, 3.63) is 52.0 Å². The molecule has 16 heavy (non-hydrogen) atoms. The van der Waals surface area contributed by atoms with Gasteiger partial charge in [-0.3, -0.25) is 0 Å². The summed E-state index contributed by atoms with van der Waals surface area (Å²) >= 11 is 11.9. The first-order valence-corrected chi connectivity index (χ1v) is 5.41. The second-order valence-electron chi connectivity index (χ2n) is 3.46. The van der Waals surface area contributed by atoms with Crippen molar-refractivity contribution in [2.45, 2.75) is 6.92 Å². The smallest absolute Gasteiger partial charge is 0.215 e. The van der Waals surface area contributed by atoms with E-state index in [1.807, 2.05) is 0 Å². The molecule has 1 aromatic heterocycles. The third-order valence-electron chi connectivity index (χ3n) is 2.25. The van der Waals surface area contributed by atoms with Crippen molar-refractivity contribution in [3.8, 4) is 11.1 Å². The number of hydrogen-bond acceptors (Lipinski definition) is 1. The minimum Gasteiger partial charge on any atom is -0.227 e. The predicted molar refractivity (Wildman–Crippen MR) is 64.4 cm³/mol. The summed E-state index contributed by atoms with van der Waals surface area (Å²) in [6, 6.07) is 6.84. The van der Waals surface area contributed by atoms with E-state index in [1.165, 1.54) is 6.20 Å². The minimum absolute atomic E-state index is 0.470. The largest absolute Gasteiger partial charge is 0.227 e. The van der Waals surface area contributed by atoms with E-state index >= 15 is 0 Å². The summed E-state index contributed by atoms with van der Waals surface area (Å²) in [4.78, 5) is 3.66. The fourth-order valence-corrected chi connectivity index (χ4v) is 1.82. The Bertz CT molecular complexity index is 541. The van der Waals surface area contributed by atoms with Gasteiger partial charge in [-0.05, 0) is 31.2 Å². The van der Waals surface area contributed by atoms with Gasteiger partial charge in [-0.25, -0.2) is 4.98 Å². The molecule has 0 bridgehead atoms. The van der Waals surface area contributed by atoms with Crippen LogP contribution < -0.4 is 0 Å². The predicted octanol–water partition coefficient (Wildman–Crippen LogP) is 4.50. The fourth-order valence-electron chi connectivity index (χ4n) is 1.42. The number of halogens is 3. The van der Waals surface area contributed by atoms with Crippen LogP contribution in [0, 0.1) is 12.9 Å². The molecule has 0 fully saturated rings. The van der Waals surface area contributed by atoms with Crippen LogP contribution in [0.4, 0.5) is 4.39 Å². The molecule has 1 nitrogen and oxygen atoms in total. The van der Waals surface area contributed by atoms with Crippen LogP contribution in [0.3, 0.4) is 0 Å². The quantitative estimate of drug-likeness (QED) is 0.684. The number of nitrogens with zero attached hydrogens (tertiary/aromatic N) is 1. The van der Waals surface area contributed by atoms with Gasteiger partial charge in [-0.15, -0.1) is 0 Å². The van der Waals surface area contributed by atoms with Gasteiger partial charge in [0.15, 0.2) is 0 Å². The van der Waals surface area contributed by atoms with Crippen LogP contribution in [-0.2, 0) is 0 Å². The second kappa shape index (κ2) is 4.40. The third kappa shape index (κ3) is 2.18. The van der Waals surface area contributed by atoms with Crippen LogP contribution in [0.25, 0.3) is 11.1 Å². The number of pyridine rings is 1. The van der Waals surface area contributed by atoms with E-state index in [1.54, 1.807) is 31.2 Å². The highest BCUT2D eigenvalue weighted by Gasteiger charge is 2.07. The maximum Gasteiger partial charge on any atom is 0.215 e. The molecule has 0 aliphatic heterocycles. The summed E-state index contributed by atoms with van der Waals surface area (Å²) in [7, 11) is 0. The van der Waals surface area contributed by atoms with Crippen molar-refractivity contribution < 1.29 is 4.39 Å². The van der Waals surface area contributed by atoms with E-state index in [2.05, 4.69) is 4.98 Å². The first-order valence-electron chi connectivity index (χ1n) is 4.65. The molecule has 0 aliphatic carbocycles. The molecule has 0 N–H and O–H groups in total. The lowest BCUT2D eigenvalue weighted by atomic mass is 10.1. The van der Waals surface area contributed by atoms with E-state index in [-0.39, 0.29) is 0 Å². The van der Waals surface area contributed by atoms with Gasteiger partial charge in [0.05, 0.1) is 0 Å². The topological polar surface area (TPSA) is 12.9 Å². The van der Waals surface area contributed by atoms with E-state index in [4.69, 9.17) is 23.2 Å². The average molecular weight is 256 g/mol. The van der Waals surface area contributed by atoms with Crippen molar-refractivity contribution in [3.63, 3.8) is 0 Å². The molecule has 0 saturated heterocycles. The lowest BCUT2D eigenvalue weighted by Crippen LogP contribution is -1.89. The Hall–Kier alpha value is -1.12. The number of hydrogen-bond donors (Lipinski definition) is 0. The molecule has 2 aromatic rings. The molecule has 0 atom stereocenters. The molecule has 0 amide bonds. The fraction of sp³-hybridized carbons (Fsp3) is 0.0833. The Morgan fingerprint density at radius 3 is 2.62 bits per heavy atom. The molecule has 2 rings (SSSR count). The molecular formula is C12H8Cl2FN. The summed E-state index contributed by atoms with van der Waals surface area (Å²) in [5.74, 6) is -0.470. The zero-order valence-electron chi connectivity index (χ0n) is 8.47. The van der Waals surface area contributed by atoms with Crippen LogP contribution in [-0.4, -0.2) is 4.98 Å². The van der Waals surface area contributed by atoms with Gasteiger partial charge in [0.1, 0.15) is 0 Å². The maximum atomic E-state index is 13.0. The molecule has 1 heterocycles. The van der Waals surface area contributed by atoms with Crippen molar-refractivity contribution in [1.29, 1.82) is 0 Å². The molecule has 0 spiro atoms. The maximum absolute atomic E-state index is 13.0. The van der Waals surface area contributed by atoms with Crippen LogP contribution in [0.5, 0.6) is 0 Å². The average Bonchev–Trinajstić information content (AvgIpc) is 2.26. The monoisotopic (exact) mass is 255 g/mol. The summed E-state index contributed by atoms with van der Waals surface area (Å²) < 4.78 is 13.0. The lowest BCUT2D eigenvalue weighted by Gasteiger charge is -2.06. The molecule has 1 aromatic carbocycles. The Morgan fingerprint density at radius 1 is 1.19 bits per heavy atom. The summed E-state index contributed by atoms with van der Waals surface area (Å²) in [5.41, 5.74) is 1.99. The highest BCUT2D eigenvalue weighted by Crippen LogP contribution is 2.30. The highest BCUT2D eigenvalue weighted by molar-refractivity contribution is 6.35. The van der Waals surface area contributed by atoms with E-state index in [9.17, 15) is 4.39 Å². The van der Waals surface area contributed by atoms with E-state index in [0.29, 0.717) is 15.6 Å². The van der Waals surface area contributed by atoms with Gasteiger partial charge in [-0.2, -0.15) is 4.39 Å². The van der Waals surface area contributed by atoms with Gasteiger partial charge in [0, 0.05) is 32.9 Å². The number of rotatable bonds is 1. The van der Waals surface area contributed by atoms with Gasteiger partial charge in [0.25, 0.3) is 0 Å². The van der Waals surface area contributed by atoms with Gasteiger partial charge in [-0.1, -0.05) is 23.2 Å². The zero-order valence-corrected chi connectivity index (χ0v) is 9.98. The molecule has 0 unspecified atom stereocenters. The molecular weight excluding hydrogens is 248 g/mol. The van der Waals surface area contributed by atoms with Gasteiger partial charge in [0.2, 0.25) is 5.95 Å². The number of aromatic nitrogens is 1. The first kappa shape index (κ1) is 11.4. The van der Waals surface area contributed by atoms with Crippen molar-refractivity contribution in [1.82, 2.24) is 4.98 Å².